The molecule has 1 N–H and O–H groups in total. The SMILES string of the molecule is CC(=O)N/N=C/N(C)C. The number of rotatable bonds is 2. The van der Waals surface area contributed by atoms with Crippen molar-refractivity contribution in [3.8, 4) is 0 Å². The molecule has 0 unspecified atom stereocenters. The summed E-state index contributed by atoms with van der Waals surface area (Å²) in [4.78, 5) is 11.9. The number of carbonyl (C=O) groups excluding carboxylic acids is 1. The summed E-state index contributed by atoms with van der Waals surface area (Å²) in [7, 11) is 3.65. The zero-order chi connectivity index (χ0) is 7.28. The van der Waals surface area contributed by atoms with Crippen LogP contribution in [0.4, 0.5) is 0 Å². The van der Waals surface area contributed by atoms with Gasteiger partial charge in [0.1, 0.15) is 6.34 Å². The van der Waals surface area contributed by atoms with Crippen molar-refractivity contribution in [2.45, 2.75) is 6.92 Å². The van der Waals surface area contributed by atoms with Crippen LogP contribution in [0.2, 0.25) is 0 Å². The van der Waals surface area contributed by atoms with E-state index in [9.17, 15) is 4.79 Å². The lowest BCUT2D eigenvalue weighted by atomic mass is 10.8. The Morgan fingerprint density at radius 1 is 1.67 bits per heavy atom. The third-order valence-corrected chi connectivity index (χ3v) is 0.511. The van der Waals surface area contributed by atoms with E-state index in [0.717, 1.165) is 0 Å². The molecule has 4 heteroatoms. The Kier molecular flexibility index (Phi) is 3.43. The summed E-state index contributed by atoms with van der Waals surface area (Å²) in [6.07, 6.45) is 1.52. The van der Waals surface area contributed by atoms with Crippen molar-refractivity contribution in [3.63, 3.8) is 0 Å². The predicted molar refractivity (Wildman–Crippen MR) is 36.0 cm³/mol. The maximum absolute atomic E-state index is 10.2. The fourth-order valence-electron chi connectivity index (χ4n) is 0.235. The van der Waals surface area contributed by atoms with Crippen molar-refractivity contribution in [2.75, 3.05) is 14.1 Å². The lowest BCUT2D eigenvalue weighted by molar-refractivity contribution is -0.118. The third kappa shape index (κ3) is 6.94. The second-order valence-electron chi connectivity index (χ2n) is 1.88. The van der Waals surface area contributed by atoms with Crippen LogP contribution in [0.25, 0.3) is 0 Å². The molecule has 0 rings (SSSR count). The molecule has 0 aliphatic carbocycles. The zero-order valence-electron chi connectivity index (χ0n) is 5.88. The molecule has 0 heterocycles. The highest BCUT2D eigenvalue weighted by Gasteiger charge is 1.81. The molecule has 0 aromatic carbocycles. The third-order valence-electron chi connectivity index (χ3n) is 0.511. The molecule has 0 aromatic rings. The molecule has 1 amide bonds. The molecule has 0 radical (unpaired) electrons. The first-order valence-corrected chi connectivity index (χ1v) is 2.59. The van der Waals surface area contributed by atoms with Crippen LogP contribution in [0, 0.1) is 0 Å². The number of amides is 1. The van der Waals surface area contributed by atoms with E-state index < -0.39 is 0 Å². The first kappa shape index (κ1) is 7.94. The van der Waals surface area contributed by atoms with E-state index >= 15 is 0 Å². The molecular formula is C5H11N3O. The summed E-state index contributed by atoms with van der Waals surface area (Å²) in [6, 6.07) is 0. The number of hydrazone groups is 1. The van der Waals surface area contributed by atoms with Gasteiger partial charge in [-0.15, -0.1) is 0 Å². The van der Waals surface area contributed by atoms with E-state index in [1.54, 1.807) is 4.90 Å². The smallest absolute Gasteiger partial charge is 0.236 e. The monoisotopic (exact) mass is 129 g/mol. The minimum atomic E-state index is -0.159. The van der Waals surface area contributed by atoms with Crippen LogP contribution < -0.4 is 5.43 Å². The van der Waals surface area contributed by atoms with Gasteiger partial charge in [0.15, 0.2) is 0 Å². The van der Waals surface area contributed by atoms with Gasteiger partial charge in [0, 0.05) is 21.0 Å². The van der Waals surface area contributed by atoms with Gasteiger partial charge in [0.2, 0.25) is 5.91 Å². The Morgan fingerprint density at radius 3 is 2.56 bits per heavy atom. The van der Waals surface area contributed by atoms with Crippen molar-refractivity contribution in [2.24, 2.45) is 5.10 Å². The Labute approximate surface area is 54.5 Å². The maximum Gasteiger partial charge on any atom is 0.236 e. The van der Waals surface area contributed by atoms with Gasteiger partial charge < -0.3 is 4.90 Å². The topological polar surface area (TPSA) is 44.7 Å². The van der Waals surface area contributed by atoms with Crippen molar-refractivity contribution in [3.05, 3.63) is 0 Å². The summed E-state index contributed by atoms with van der Waals surface area (Å²) >= 11 is 0. The molecule has 0 aromatic heterocycles. The van der Waals surface area contributed by atoms with E-state index in [-0.39, 0.29) is 5.91 Å². The number of hydrogen-bond donors (Lipinski definition) is 1. The van der Waals surface area contributed by atoms with E-state index in [1.807, 2.05) is 14.1 Å². The Hall–Kier alpha value is -1.06. The van der Waals surface area contributed by atoms with E-state index in [0.29, 0.717) is 0 Å². The Morgan fingerprint density at radius 2 is 2.22 bits per heavy atom. The minimum absolute atomic E-state index is 0.159. The molecule has 4 nitrogen and oxygen atoms in total. The van der Waals surface area contributed by atoms with Gasteiger partial charge in [-0.1, -0.05) is 0 Å². The maximum atomic E-state index is 10.2. The molecule has 52 valence electrons. The summed E-state index contributed by atoms with van der Waals surface area (Å²) in [5.74, 6) is -0.159. The van der Waals surface area contributed by atoms with Crippen molar-refractivity contribution in [1.29, 1.82) is 0 Å². The zero-order valence-corrected chi connectivity index (χ0v) is 5.88. The molecule has 0 saturated carbocycles. The molecule has 0 spiro atoms. The molecule has 0 bridgehead atoms. The second-order valence-corrected chi connectivity index (χ2v) is 1.88. The summed E-state index contributed by atoms with van der Waals surface area (Å²) in [5.41, 5.74) is 2.27. The van der Waals surface area contributed by atoms with E-state index in [4.69, 9.17) is 0 Å². The van der Waals surface area contributed by atoms with Crippen LogP contribution in [0.3, 0.4) is 0 Å². The van der Waals surface area contributed by atoms with E-state index in [2.05, 4.69) is 10.5 Å². The van der Waals surface area contributed by atoms with Crippen molar-refractivity contribution >= 4 is 12.2 Å². The lowest BCUT2D eigenvalue weighted by Gasteiger charge is -2.00. The fourth-order valence-corrected chi connectivity index (χ4v) is 0.235. The van der Waals surface area contributed by atoms with Gasteiger partial charge in [-0.25, -0.2) is 5.43 Å². The Bertz CT molecular complexity index is 119. The minimum Gasteiger partial charge on any atom is -0.367 e. The fraction of sp³-hybridized carbons (Fsp3) is 0.600. The van der Waals surface area contributed by atoms with Crippen LogP contribution >= 0.6 is 0 Å². The van der Waals surface area contributed by atoms with Gasteiger partial charge in [-0.2, -0.15) is 5.10 Å². The normalized spacial score (nSPS) is 9.67. The average molecular weight is 129 g/mol. The number of nitrogens with one attached hydrogen (secondary N) is 1. The van der Waals surface area contributed by atoms with Gasteiger partial charge in [-0.3, -0.25) is 4.79 Å². The average Bonchev–Trinajstić information content (AvgIpc) is 1.63. The van der Waals surface area contributed by atoms with Crippen LogP contribution in [0.15, 0.2) is 5.10 Å². The second kappa shape index (κ2) is 3.88. The van der Waals surface area contributed by atoms with Crippen LogP contribution in [0.1, 0.15) is 6.92 Å². The highest BCUT2D eigenvalue weighted by Crippen LogP contribution is 1.64. The quantitative estimate of drug-likeness (QED) is 0.314. The molecule has 0 saturated heterocycles. The Balaban J connectivity index is 3.36. The first-order valence-electron chi connectivity index (χ1n) is 2.59. The summed E-state index contributed by atoms with van der Waals surface area (Å²) < 4.78 is 0. The van der Waals surface area contributed by atoms with Gasteiger partial charge in [0.05, 0.1) is 0 Å². The largest absolute Gasteiger partial charge is 0.367 e. The first-order chi connectivity index (χ1) is 4.13. The number of nitrogens with zero attached hydrogens (tertiary/aromatic N) is 2. The molecule has 0 aliphatic rings. The molecule has 0 atom stereocenters. The van der Waals surface area contributed by atoms with Crippen molar-refractivity contribution < 1.29 is 4.79 Å². The lowest BCUT2D eigenvalue weighted by Crippen LogP contribution is -2.16. The standard InChI is InChI=1S/C5H11N3O/c1-5(9)7-6-4-8(2)3/h4H,1-3H3,(H,7,9)/b6-4+. The predicted octanol–water partition coefficient (Wildman–Crippen LogP) is -0.373. The molecular weight excluding hydrogens is 118 g/mol. The molecule has 0 fully saturated rings. The highest BCUT2D eigenvalue weighted by atomic mass is 16.2. The molecule has 9 heavy (non-hydrogen) atoms. The van der Waals surface area contributed by atoms with Crippen LogP contribution in [-0.4, -0.2) is 31.2 Å². The molecule has 0 aliphatic heterocycles. The van der Waals surface area contributed by atoms with Gasteiger partial charge in [0.25, 0.3) is 0 Å². The summed E-state index contributed by atoms with van der Waals surface area (Å²) in [6.45, 7) is 1.41. The summed E-state index contributed by atoms with van der Waals surface area (Å²) in [5, 5.41) is 3.57. The van der Waals surface area contributed by atoms with Crippen molar-refractivity contribution in [1.82, 2.24) is 10.3 Å². The number of carbonyl (C=O) groups is 1. The van der Waals surface area contributed by atoms with Crippen LogP contribution in [-0.2, 0) is 4.79 Å². The number of hydrogen-bond acceptors (Lipinski definition) is 2. The van der Waals surface area contributed by atoms with Crippen LogP contribution in [0.5, 0.6) is 0 Å². The van der Waals surface area contributed by atoms with Gasteiger partial charge >= 0.3 is 0 Å². The van der Waals surface area contributed by atoms with Gasteiger partial charge in [-0.05, 0) is 0 Å². The highest BCUT2D eigenvalue weighted by molar-refractivity contribution is 5.73. The van der Waals surface area contributed by atoms with E-state index in [1.165, 1.54) is 13.3 Å².